The van der Waals surface area contributed by atoms with Crippen LogP contribution in [0.15, 0.2) is 183 Å². The molecule has 0 amide bonds. The number of rotatable bonds is 6. The van der Waals surface area contributed by atoms with E-state index in [1.807, 2.05) is 60.7 Å². The van der Waals surface area contributed by atoms with Crippen LogP contribution in [0.3, 0.4) is 0 Å². The Labute approximate surface area is 293 Å². The van der Waals surface area contributed by atoms with Crippen LogP contribution in [0, 0.1) is 0 Å². The second-order valence-corrected chi connectivity index (χ2v) is 12.9. The van der Waals surface area contributed by atoms with Gasteiger partial charge in [0.1, 0.15) is 33.5 Å². The fraction of sp³-hybridized carbons (Fsp3) is 0.0213. The molecule has 10 aromatic rings. The van der Waals surface area contributed by atoms with E-state index in [1.165, 1.54) is 0 Å². The molecule has 0 N–H and O–H groups in total. The number of allylic oxidation sites excluding steroid dienone is 3. The molecule has 4 heteroatoms. The number of nitrogens with zero attached hydrogens (tertiary/aromatic N) is 1. The molecule has 0 atom stereocenters. The summed E-state index contributed by atoms with van der Waals surface area (Å²) in [4.78, 5) is 2.29. The number of benzene rings is 7. The van der Waals surface area contributed by atoms with Crippen molar-refractivity contribution in [1.29, 1.82) is 0 Å². The van der Waals surface area contributed by atoms with Crippen molar-refractivity contribution < 1.29 is 13.3 Å². The summed E-state index contributed by atoms with van der Waals surface area (Å²) in [6.45, 7) is 6.12. The first-order valence-corrected chi connectivity index (χ1v) is 17.1. The lowest BCUT2D eigenvalue weighted by atomic mass is 9.95. The van der Waals surface area contributed by atoms with Gasteiger partial charge in [-0.2, -0.15) is 0 Å². The fourth-order valence-corrected chi connectivity index (χ4v) is 7.77. The minimum absolute atomic E-state index is 0.775. The van der Waals surface area contributed by atoms with E-state index in [4.69, 9.17) is 13.3 Å². The third kappa shape index (κ3) is 4.47. The van der Waals surface area contributed by atoms with Crippen LogP contribution >= 0.6 is 0 Å². The van der Waals surface area contributed by atoms with Crippen LogP contribution in [0.25, 0.3) is 88.1 Å². The third-order valence-electron chi connectivity index (χ3n) is 9.97. The molecule has 7 aromatic carbocycles. The fourth-order valence-electron chi connectivity index (χ4n) is 7.77. The van der Waals surface area contributed by atoms with E-state index in [-0.39, 0.29) is 0 Å². The molecule has 51 heavy (non-hydrogen) atoms. The van der Waals surface area contributed by atoms with E-state index >= 15 is 0 Å². The lowest BCUT2D eigenvalue weighted by molar-refractivity contribution is 0.660. The van der Waals surface area contributed by atoms with E-state index < -0.39 is 0 Å². The summed E-state index contributed by atoms with van der Waals surface area (Å²) in [5.74, 6) is 0. The van der Waals surface area contributed by atoms with Gasteiger partial charge in [0.2, 0.25) is 0 Å². The number of para-hydroxylation sites is 3. The van der Waals surface area contributed by atoms with Gasteiger partial charge >= 0.3 is 0 Å². The Morgan fingerprint density at radius 3 is 1.88 bits per heavy atom. The lowest BCUT2D eigenvalue weighted by Gasteiger charge is -2.28. The lowest BCUT2D eigenvalue weighted by Crippen LogP contribution is -2.15. The standard InChI is InChI=1S/C47H31NO3/c1-3-13-29(2)48(37-19-10-7-16-33(37)30-14-5-4-6-15-30)32-24-22-31(23-25-32)36-28-42-46(47-43(36)34-17-8-12-21-39(34)51-47)45-41(50-42)27-26-40-44(45)35-18-9-11-20-38(35)49-40/h3-28H,1H2,2H3/b29-13+. The molecule has 0 aliphatic rings. The van der Waals surface area contributed by atoms with Gasteiger partial charge in [-0.05, 0) is 78.2 Å². The maximum Gasteiger partial charge on any atom is 0.147 e. The number of anilines is 2. The van der Waals surface area contributed by atoms with E-state index in [0.29, 0.717) is 0 Å². The highest BCUT2D eigenvalue weighted by Gasteiger charge is 2.24. The Bertz CT molecular complexity index is 2990. The number of hydrogen-bond donors (Lipinski definition) is 0. The van der Waals surface area contributed by atoms with Crippen LogP contribution in [0.4, 0.5) is 11.4 Å². The van der Waals surface area contributed by atoms with Crippen LogP contribution in [0.5, 0.6) is 0 Å². The van der Waals surface area contributed by atoms with Gasteiger partial charge in [0.15, 0.2) is 0 Å². The molecule has 0 fully saturated rings. The first-order chi connectivity index (χ1) is 25.2. The number of hydrogen-bond acceptors (Lipinski definition) is 4. The highest BCUT2D eigenvalue weighted by atomic mass is 16.3. The predicted octanol–water partition coefficient (Wildman–Crippen LogP) is 13.9. The first kappa shape index (κ1) is 29.2. The van der Waals surface area contributed by atoms with Crippen molar-refractivity contribution in [2.75, 3.05) is 4.90 Å². The van der Waals surface area contributed by atoms with E-state index in [2.05, 4.69) is 115 Å². The van der Waals surface area contributed by atoms with Crippen molar-refractivity contribution >= 4 is 77.2 Å². The quantitative estimate of drug-likeness (QED) is 0.167. The molecule has 3 aromatic heterocycles. The molecule has 0 aliphatic carbocycles. The maximum atomic E-state index is 6.75. The molecule has 242 valence electrons. The van der Waals surface area contributed by atoms with Gasteiger partial charge in [-0.15, -0.1) is 0 Å². The monoisotopic (exact) mass is 657 g/mol. The van der Waals surface area contributed by atoms with E-state index in [0.717, 1.165) is 105 Å². The van der Waals surface area contributed by atoms with Crippen molar-refractivity contribution in [3.8, 4) is 22.3 Å². The van der Waals surface area contributed by atoms with E-state index in [9.17, 15) is 0 Å². The smallest absolute Gasteiger partial charge is 0.147 e. The van der Waals surface area contributed by atoms with Gasteiger partial charge in [-0.25, -0.2) is 0 Å². The molecule has 0 unspecified atom stereocenters. The minimum Gasteiger partial charge on any atom is -0.456 e. The normalized spacial score (nSPS) is 12.2. The van der Waals surface area contributed by atoms with Crippen molar-refractivity contribution in [3.05, 3.63) is 170 Å². The highest BCUT2D eigenvalue weighted by Crippen LogP contribution is 2.48. The third-order valence-corrected chi connectivity index (χ3v) is 9.97. The second kappa shape index (κ2) is 11.4. The summed E-state index contributed by atoms with van der Waals surface area (Å²) in [6, 6.07) is 50.4. The Hall–Kier alpha value is -6.78. The first-order valence-electron chi connectivity index (χ1n) is 17.1. The molecule has 3 heterocycles. The zero-order valence-electron chi connectivity index (χ0n) is 27.9. The van der Waals surface area contributed by atoms with Crippen LogP contribution in [-0.2, 0) is 0 Å². The van der Waals surface area contributed by atoms with Crippen LogP contribution in [0.1, 0.15) is 6.92 Å². The number of furan rings is 3. The van der Waals surface area contributed by atoms with Crippen molar-refractivity contribution in [1.82, 2.24) is 0 Å². The van der Waals surface area contributed by atoms with Gasteiger partial charge < -0.3 is 18.2 Å². The highest BCUT2D eigenvalue weighted by molar-refractivity contribution is 6.33. The summed E-state index contributed by atoms with van der Waals surface area (Å²) in [5, 5.41) is 6.20. The van der Waals surface area contributed by atoms with E-state index in [1.54, 1.807) is 0 Å². The topological polar surface area (TPSA) is 42.7 Å². The van der Waals surface area contributed by atoms with Crippen LogP contribution < -0.4 is 4.90 Å². The van der Waals surface area contributed by atoms with Gasteiger partial charge in [-0.1, -0.05) is 110 Å². The summed E-state index contributed by atoms with van der Waals surface area (Å²) in [6.07, 6.45) is 3.89. The molecule has 0 bridgehead atoms. The SMILES string of the molecule is C=C/C=C(\C)N(c1ccc(-c2cc3oc4ccc5oc6ccccc6c5c4c3c3oc4ccccc4c23)cc1)c1ccccc1-c1ccccc1. The van der Waals surface area contributed by atoms with Crippen molar-refractivity contribution in [2.24, 2.45) is 0 Å². The van der Waals surface area contributed by atoms with Crippen LogP contribution in [0.2, 0.25) is 0 Å². The van der Waals surface area contributed by atoms with Crippen molar-refractivity contribution in [2.45, 2.75) is 6.92 Å². The maximum absolute atomic E-state index is 6.75. The van der Waals surface area contributed by atoms with Gasteiger partial charge in [0.25, 0.3) is 0 Å². The summed E-state index contributed by atoms with van der Waals surface area (Å²) < 4.78 is 19.7. The average Bonchev–Trinajstić information content (AvgIpc) is 3.87. The Morgan fingerprint density at radius 2 is 1.12 bits per heavy atom. The summed E-state index contributed by atoms with van der Waals surface area (Å²) >= 11 is 0. The Morgan fingerprint density at radius 1 is 0.510 bits per heavy atom. The largest absolute Gasteiger partial charge is 0.456 e. The van der Waals surface area contributed by atoms with Crippen LogP contribution in [-0.4, -0.2) is 0 Å². The zero-order valence-corrected chi connectivity index (χ0v) is 27.9. The van der Waals surface area contributed by atoms with Gasteiger partial charge in [0, 0.05) is 43.9 Å². The minimum atomic E-state index is 0.775. The second-order valence-electron chi connectivity index (χ2n) is 12.9. The molecular weight excluding hydrogens is 627 g/mol. The number of fused-ring (bicyclic) bond motifs is 11. The molecular formula is C47H31NO3. The van der Waals surface area contributed by atoms with Crippen molar-refractivity contribution in [3.63, 3.8) is 0 Å². The molecule has 10 rings (SSSR count). The Kier molecular flexibility index (Phi) is 6.52. The Balaban J connectivity index is 1.20. The summed E-state index contributed by atoms with van der Waals surface area (Å²) in [7, 11) is 0. The molecule has 0 saturated heterocycles. The molecule has 4 nitrogen and oxygen atoms in total. The zero-order chi connectivity index (χ0) is 34.1. The molecule has 0 aliphatic heterocycles. The average molecular weight is 658 g/mol. The molecule has 0 saturated carbocycles. The molecule has 0 spiro atoms. The van der Waals surface area contributed by atoms with Gasteiger partial charge in [0.05, 0.1) is 11.1 Å². The van der Waals surface area contributed by atoms with Gasteiger partial charge in [-0.3, -0.25) is 0 Å². The predicted molar refractivity (Wildman–Crippen MR) is 212 cm³/mol. The summed E-state index contributed by atoms with van der Waals surface area (Å²) in [5.41, 5.74) is 12.5. The molecule has 0 radical (unpaired) electrons.